The van der Waals surface area contributed by atoms with Crippen LogP contribution in [0.15, 0.2) is 30.3 Å². The van der Waals surface area contributed by atoms with E-state index < -0.39 is 0 Å². The molecule has 0 aliphatic heterocycles. The predicted octanol–water partition coefficient (Wildman–Crippen LogP) is 4.51. The van der Waals surface area contributed by atoms with Crippen LogP contribution in [0, 0.1) is 5.92 Å². The molecule has 0 spiro atoms. The molecule has 2 rings (SSSR count). The van der Waals surface area contributed by atoms with Crippen LogP contribution in [0.3, 0.4) is 0 Å². The molecule has 0 bridgehead atoms. The molecule has 108 valence electrons. The second-order valence-electron chi connectivity index (χ2n) is 6.00. The van der Waals surface area contributed by atoms with Crippen molar-refractivity contribution in [1.82, 2.24) is 4.98 Å². The summed E-state index contributed by atoms with van der Waals surface area (Å²) in [6.07, 6.45) is 1.03. The molecule has 1 unspecified atom stereocenters. The first-order chi connectivity index (χ1) is 9.49. The van der Waals surface area contributed by atoms with Gasteiger partial charge in [0.1, 0.15) is 5.01 Å². The van der Waals surface area contributed by atoms with Gasteiger partial charge < -0.3 is 5.73 Å². The van der Waals surface area contributed by atoms with Crippen LogP contribution in [0.1, 0.15) is 60.8 Å². The van der Waals surface area contributed by atoms with Gasteiger partial charge in [-0.05, 0) is 23.8 Å². The molecule has 0 amide bonds. The molecule has 2 nitrogen and oxygen atoms in total. The lowest BCUT2D eigenvalue weighted by Crippen LogP contribution is -2.11. The summed E-state index contributed by atoms with van der Waals surface area (Å²) in [6.45, 7) is 8.94. The molecule has 3 heteroatoms. The van der Waals surface area contributed by atoms with Crippen LogP contribution < -0.4 is 5.73 Å². The third-order valence-corrected chi connectivity index (χ3v) is 4.78. The number of nitrogens with two attached hydrogens (primary N) is 1. The first kappa shape index (κ1) is 15.2. The lowest BCUT2D eigenvalue weighted by molar-refractivity contribution is 0.627. The molecule has 1 atom stereocenters. The molecular weight excluding hydrogens is 264 g/mol. The fourth-order valence-electron chi connectivity index (χ4n) is 2.30. The summed E-state index contributed by atoms with van der Waals surface area (Å²) in [5.74, 6) is 1.13. The van der Waals surface area contributed by atoms with Crippen LogP contribution in [0.4, 0.5) is 0 Å². The summed E-state index contributed by atoms with van der Waals surface area (Å²) >= 11 is 1.78. The Kier molecular flexibility index (Phi) is 4.95. The molecule has 0 aliphatic rings. The Labute approximate surface area is 126 Å². The third-order valence-electron chi connectivity index (χ3n) is 3.29. The SMILES string of the molecule is CC(C)Cc1nc(C(N)c2ccccc2)sc1C(C)C. The molecule has 0 radical (unpaired) electrons. The normalized spacial score (nSPS) is 13.2. The lowest BCUT2D eigenvalue weighted by atomic mass is 10.0. The Hall–Kier alpha value is -1.19. The highest BCUT2D eigenvalue weighted by molar-refractivity contribution is 7.12. The van der Waals surface area contributed by atoms with Crippen molar-refractivity contribution < 1.29 is 0 Å². The zero-order valence-corrected chi connectivity index (χ0v) is 13.6. The van der Waals surface area contributed by atoms with Gasteiger partial charge in [-0.2, -0.15) is 0 Å². The largest absolute Gasteiger partial charge is 0.318 e. The van der Waals surface area contributed by atoms with E-state index in [1.54, 1.807) is 11.3 Å². The summed E-state index contributed by atoms with van der Waals surface area (Å²) in [5.41, 5.74) is 8.75. The third kappa shape index (κ3) is 3.47. The topological polar surface area (TPSA) is 38.9 Å². The molecule has 0 fully saturated rings. The summed E-state index contributed by atoms with van der Waals surface area (Å²) in [5, 5.41) is 1.04. The van der Waals surface area contributed by atoms with E-state index in [9.17, 15) is 0 Å². The Morgan fingerprint density at radius 1 is 1.10 bits per heavy atom. The van der Waals surface area contributed by atoms with E-state index in [0.717, 1.165) is 17.0 Å². The molecule has 2 aromatic rings. The quantitative estimate of drug-likeness (QED) is 0.879. The average molecular weight is 288 g/mol. The molecule has 0 saturated heterocycles. The molecule has 1 aromatic heterocycles. The van der Waals surface area contributed by atoms with Crippen molar-refractivity contribution in [3.8, 4) is 0 Å². The number of thiazole rings is 1. The second-order valence-corrected chi connectivity index (χ2v) is 7.07. The van der Waals surface area contributed by atoms with E-state index in [4.69, 9.17) is 10.7 Å². The zero-order valence-electron chi connectivity index (χ0n) is 12.8. The number of rotatable bonds is 5. The van der Waals surface area contributed by atoms with E-state index in [1.165, 1.54) is 10.6 Å². The minimum Gasteiger partial charge on any atom is -0.318 e. The molecule has 0 saturated carbocycles. The highest BCUT2D eigenvalue weighted by Gasteiger charge is 2.19. The van der Waals surface area contributed by atoms with Gasteiger partial charge in [-0.1, -0.05) is 58.0 Å². The van der Waals surface area contributed by atoms with E-state index in [1.807, 2.05) is 18.2 Å². The number of aromatic nitrogens is 1. The first-order valence-corrected chi connectivity index (χ1v) is 8.10. The molecule has 20 heavy (non-hydrogen) atoms. The molecule has 2 N–H and O–H groups in total. The number of hydrogen-bond donors (Lipinski definition) is 1. The Bertz CT molecular complexity index is 543. The Balaban J connectivity index is 2.33. The van der Waals surface area contributed by atoms with Gasteiger partial charge in [0.25, 0.3) is 0 Å². The van der Waals surface area contributed by atoms with E-state index in [-0.39, 0.29) is 6.04 Å². The van der Waals surface area contributed by atoms with Gasteiger partial charge in [-0.25, -0.2) is 4.98 Å². The van der Waals surface area contributed by atoms with Crippen LogP contribution in [-0.2, 0) is 6.42 Å². The van der Waals surface area contributed by atoms with Gasteiger partial charge in [0, 0.05) is 4.88 Å². The van der Waals surface area contributed by atoms with Crippen molar-refractivity contribution in [1.29, 1.82) is 0 Å². The smallest absolute Gasteiger partial charge is 0.114 e. The monoisotopic (exact) mass is 288 g/mol. The summed E-state index contributed by atoms with van der Waals surface area (Å²) in [6, 6.07) is 10.1. The Morgan fingerprint density at radius 3 is 2.30 bits per heavy atom. The standard InChI is InChI=1S/C17H24N2S/c1-11(2)10-14-16(12(3)4)20-17(19-14)15(18)13-8-6-5-7-9-13/h5-9,11-12,15H,10,18H2,1-4H3. The van der Waals surface area contributed by atoms with Crippen molar-refractivity contribution in [3.63, 3.8) is 0 Å². The first-order valence-electron chi connectivity index (χ1n) is 7.29. The number of hydrogen-bond acceptors (Lipinski definition) is 3. The van der Waals surface area contributed by atoms with E-state index in [2.05, 4.69) is 39.8 Å². The van der Waals surface area contributed by atoms with E-state index in [0.29, 0.717) is 11.8 Å². The number of nitrogens with zero attached hydrogens (tertiary/aromatic N) is 1. The second kappa shape index (κ2) is 6.51. The van der Waals surface area contributed by atoms with Crippen LogP contribution in [0.2, 0.25) is 0 Å². The summed E-state index contributed by atoms with van der Waals surface area (Å²) in [4.78, 5) is 6.23. The number of benzene rings is 1. The van der Waals surface area contributed by atoms with Crippen molar-refractivity contribution in [3.05, 3.63) is 51.5 Å². The van der Waals surface area contributed by atoms with Gasteiger partial charge in [-0.3, -0.25) is 0 Å². The fraction of sp³-hybridized carbons (Fsp3) is 0.471. The predicted molar refractivity (Wildman–Crippen MR) is 87.2 cm³/mol. The summed E-state index contributed by atoms with van der Waals surface area (Å²) < 4.78 is 0. The van der Waals surface area contributed by atoms with Gasteiger partial charge in [0.05, 0.1) is 11.7 Å². The molecule has 1 aromatic carbocycles. The maximum absolute atomic E-state index is 6.38. The average Bonchev–Trinajstić information content (AvgIpc) is 2.82. The van der Waals surface area contributed by atoms with E-state index >= 15 is 0 Å². The summed E-state index contributed by atoms with van der Waals surface area (Å²) in [7, 11) is 0. The van der Waals surface area contributed by atoms with Crippen molar-refractivity contribution in [2.75, 3.05) is 0 Å². The van der Waals surface area contributed by atoms with Gasteiger partial charge in [0.15, 0.2) is 0 Å². The van der Waals surface area contributed by atoms with Gasteiger partial charge in [0.2, 0.25) is 0 Å². The van der Waals surface area contributed by atoms with Crippen molar-refractivity contribution in [2.24, 2.45) is 11.7 Å². The van der Waals surface area contributed by atoms with Crippen LogP contribution in [0.5, 0.6) is 0 Å². The van der Waals surface area contributed by atoms with Crippen LogP contribution in [-0.4, -0.2) is 4.98 Å². The molecule has 0 aliphatic carbocycles. The molecule has 1 heterocycles. The lowest BCUT2D eigenvalue weighted by Gasteiger charge is -2.08. The molecular formula is C17H24N2S. The van der Waals surface area contributed by atoms with Gasteiger partial charge >= 0.3 is 0 Å². The van der Waals surface area contributed by atoms with Crippen LogP contribution in [0.25, 0.3) is 0 Å². The minimum absolute atomic E-state index is 0.111. The maximum Gasteiger partial charge on any atom is 0.114 e. The van der Waals surface area contributed by atoms with Gasteiger partial charge in [-0.15, -0.1) is 11.3 Å². The Morgan fingerprint density at radius 2 is 1.75 bits per heavy atom. The van der Waals surface area contributed by atoms with Crippen molar-refractivity contribution >= 4 is 11.3 Å². The zero-order chi connectivity index (χ0) is 14.7. The van der Waals surface area contributed by atoms with Crippen molar-refractivity contribution in [2.45, 2.75) is 46.1 Å². The minimum atomic E-state index is -0.111. The maximum atomic E-state index is 6.38. The fourth-order valence-corrected chi connectivity index (χ4v) is 3.43. The highest BCUT2D eigenvalue weighted by atomic mass is 32.1. The highest BCUT2D eigenvalue weighted by Crippen LogP contribution is 2.32. The van der Waals surface area contributed by atoms with Crippen LogP contribution >= 0.6 is 11.3 Å².